The van der Waals surface area contributed by atoms with E-state index in [1.165, 1.54) is 0 Å². The number of para-hydroxylation sites is 1. The fourth-order valence-corrected chi connectivity index (χ4v) is 4.77. The Morgan fingerprint density at radius 2 is 2.00 bits per heavy atom. The Hall–Kier alpha value is -3.39. The van der Waals surface area contributed by atoms with Gasteiger partial charge in [0.2, 0.25) is 5.91 Å². The van der Waals surface area contributed by atoms with Crippen molar-refractivity contribution in [2.75, 3.05) is 30.4 Å². The van der Waals surface area contributed by atoms with Crippen molar-refractivity contribution in [3.8, 4) is 0 Å². The second-order valence-corrected chi connectivity index (χ2v) is 8.79. The smallest absolute Gasteiger partial charge is 0.222 e. The summed E-state index contributed by atoms with van der Waals surface area (Å²) in [7, 11) is 1.70. The third kappa shape index (κ3) is 4.06. The molecule has 0 saturated carbocycles. The molecule has 4 heterocycles. The van der Waals surface area contributed by atoms with Gasteiger partial charge in [-0.15, -0.1) is 0 Å². The third-order valence-corrected chi connectivity index (χ3v) is 6.64. The molecule has 170 valence electrons. The minimum atomic E-state index is -0.0534. The number of piperidine rings is 1. The number of nitrogens with zero attached hydrogens (tertiary/aromatic N) is 5. The lowest BCUT2D eigenvalue weighted by Gasteiger charge is -2.34. The summed E-state index contributed by atoms with van der Waals surface area (Å²) in [6, 6.07) is 11.7. The molecule has 2 N–H and O–H groups in total. The molecule has 4 aromatic rings. The maximum Gasteiger partial charge on any atom is 0.222 e. The van der Waals surface area contributed by atoms with Gasteiger partial charge in [0.1, 0.15) is 11.6 Å². The number of pyridine rings is 1. The van der Waals surface area contributed by atoms with Crippen LogP contribution in [0.5, 0.6) is 0 Å². The first kappa shape index (κ1) is 21.5. The third-order valence-electron chi connectivity index (χ3n) is 6.34. The average molecular weight is 464 g/mol. The highest BCUT2D eigenvalue weighted by atomic mass is 35.5. The van der Waals surface area contributed by atoms with Crippen LogP contribution in [0.15, 0.2) is 48.8 Å². The highest BCUT2D eigenvalue weighted by Crippen LogP contribution is 2.34. The second-order valence-electron chi connectivity index (χ2n) is 8.39. The highest BCUT2D eigenvalue weighted by molar-refractivity contribution is 6.35. The molecule has 3 aromatic heterocycles. The molecular weight excluding hydrogens is 438 g/mol. The van der Waals surface area contributed by atoms with Gasteiger partial charge in [0.05, 0.1) is 22.8 Å². The Bertz CT molecular complexity index is 1310. The summed E-state index contributed by atoms with van der Waals surface area (Å²) in [6.07, 6.45) is 5.09. The molecule has 0 aliphatic carbocycles. The zero-order chi connectivity index (χ0) is 22.9. The molecule has 9 heteroatoms. The van der Waals surface area contributed by atoms with Crippen molar-refractivity contribution in [2.24, 2.45) is 5.92 Å². The SMILES string of the molecule is CNC(=O)C1CCN(c2nc3c(Cl)cccc3cc2[C@H](C)Nc2ccnc3ccnn23)CC1. The summed E-state index contributed by atoms with van der Waals surface area (Å²) >= 11 is 6.50. The lowest BCUT2D eigenvalue weighted by Crippen LogP contribution is -2.40. The number of aromatic nitrogens is 4. The maximum absolute atomic E-state index is 12.1. The van der Waals surface area contributed by atoms with E-state index in [-0.39, 0.29) is 17.9 Å². The van der Waals surface area contributed by atoms with E-state index in [4.69, 9.17) is 16.6 Å². The number of nitrogens with one attached hydrogen (secondary N) is 2. The number of halogens is 1. The monoisotopic (exact) mass is 463 g/mol. The van der Waals surface area contributed by atoms with Crippen molar-refractivity contribution >= 4 is 45.7 Å². The van der Waals surface area contributed by atoms with Crippen molar-refractivity contribution in [1.29, 1.82) is 0 Å². The van der Waals surface area contributed by atoms with Crippen molar-refractivity contribution in [2.45, 2.75) is 25.8 Å². The molecule has 33 heavy (non-hydrogen) atoms. The van der Waals surface area contributed by atoms with Gasteiger partial charge >= 0.3 is 0 Å². The molecule has 0 spiro atoms. The second kappa shape index (κ2) is 8.86. The van der Waals surface area contributed by atoms with E-state index < -0.39 is 0 Å². The molecule has 1 amide bonds. The number of benzene rings is 1. The normalized spacial score (nSPS) is 15.7. The lowest BCUT2D eigenvalue weighted by atomic mass is 9.95. The van der Waals surface area contributed by atoms with Crippen LogP contribution in [-0.4, -0.2) is 45.6 Å². The molecule has 0 unspecified atom stereocenters. The first-order chi connectivity index (χ1) is 16.0. The van der Waals surface area contributed by atoms with Crippen LogP contribution in [-0.2, 0) is 4.79 Å². The van der Waals surface area contributed by atoms with E-state index in [0.29, 0.717) is 5.02 Å². The van der Waals surface area contributed by atoms with Crippen LogP contribution in [0.1, 0.15) is 31.4 Å². The number of fused-ring (bicyclic) bond motifs is 2. The number of anilines is 2. The standard InChI is InChI=1S/C24H26ClN7O/c1-15(29-21-6-10-27-20-7-11-28-32(20)21)18-14-17-4-3-5-19(25)22(17)30-23(18)31-12-8-16(9-13-31)24(33)26-2/h3-7,10-11,14-16,29H,8-9,12-13H2,1-2H3,(H,26,33)/t15-/m0/s1. The summed E-state index contributed by atoms with van der Waals surface area (Å²) in [6.45, 7) is 3.64. The molecule has 1 saturated heterocycles. The quantitative estimate of drug-likeness (QED) is 0.464. The van der Waals surface area contributed by atoms with Crippen molar-refractivity contribution in [3.05, 3.63) is 59.4 Å². The zero-order valence-corrected chi connectivity index (χ0v) is 19.4. The van der Waals surface area contributed by atoms with Crippen LogP contribution < -0.4 is 15.5 Å². The van der Waals surface area contributed by atoms with Crippen molar-refractivity contribution in [1.82, 2.24) is 24.9 Å². The van der Waals surface area contributed by atoms with E-state index in [1.807, 2.05) is 30.3 Å². The summed E-state index contributed by atoms with van der Waals surface area (Å²) in [5.41, 5.74) is 2.64. The highest BCUT2D eigenvalue weighted by Gasteiger charge is 2.27. The summed E-state index contributed by atoms with van der Waals surface area (Å²) < 4.78 is 1.79. The van der Waals surface area contributed by atoms with E-state index >= 15 is 0 Å². The van der Waals surface area contributed by atoms with E-state index in [2.05, 4.69) is 38.6 Å². The largest absolute Gasteiger partial charge is 0.363 e. The van der Waals surface area contributed by atoms with Crippen LogP contribution in [0.3, 0.4) is 0 Å². The topological polar surface area (TPSA) is 87.5 Å². The summed E-state index contributed by atoms with van der Waals surface area (Å²) in [4.78, 5) is 23.7. The van der Waals surface area contributed by atoms with Gasteiger partial charge in [0, 0.05) is 49.3 Å². The first-order valence-corrected chi connectivity index (χ1v) is 11.5. The van der Waals surface area contributed by atoms with Crippen LogP contribution in [0.4, 0.5) is 11.6 Å². The van der Waals surface area contributed by atoms with Crippen LogP contribution in [0.25, 0.3) is 16.6 Å². The van der Waals surface area contributed by atoms with Gasteiger partial charge in [0.25, 0.3) is 0 Å². The average Bonchev–Trinajstić information content (AvgIpc) is 3.33. The molecule has 1 aliphatic rings. The van der Waals surface area contributed by atoms with Crippen molar-refractivity contribution < 1.29 is 4.79 Å². The number of amides is 1. The molecule has 0 radical (unpaired) electrons. The number of rotatable bonds is 5. The molecule has 1 fully saturated rings. The Morgan fingerprint density at radius 1 is 1.18 bits per heavy atom. The predicted molar refractivity (Wildman–Crippen MR) is 131 cm³/mol. The molecule has 5 rings (SSSR count). The molecule has 1 aliphatic heterocycles. The Labute approximate surface area is 197 Å². The van der Waals surface area contributed by atoms with Gasteiger partial charge in [-0.2, -0.15) is 9.61 Å². The fraction of sp³-hybridized carbons (Fsp3) is 0.333. The Balaban J connectivity index is 1.51. The molecule has 1 atom stereocenters. The van der Waals surface area contributed by atoms with Gasteiger partial charge in [-0.25, -0.2) is 9.97 Å². The fourth-order valence-electron chi connectivity index (χ4n) is 4.54. The van der Waals surface area contributed by atoms with Gasteiger partial charge in [0.15, 0.2) is 5.65 Å². The molecule has 1 aromatic carbocycles. The van der Waals surface area contributed by atoms with E-state index in [0.717, 1.165) is 59.7 Å². The lowest BCUT2D eigenvalue weighted by molar-refractivity contribution is -0.125. The van der Waals surface area contributed by atoms with Crippen LogP contribution in [0.2, 0.25) is 5.02 Å². The van der Waals surface area contributed by atoms with Gasteiger partial charge in [-0.3, -0.25) is 4.79 Å². The van der Waals surface area contributed by atoms with Crippen molar-refractivity contribution in [3.63, 3.8) is 0 Å². The molecular formula is C24H26ClN7O. The predicted octanol–water partition coefficient (Wildman–Crippen LogP) is 4.07. The minimum absolute atomic E-state index is 0.0409. The van der Waals surface area contributed by atoms with Gasteiger partial charge in [-0.1, -0.05) is 23.7 Å². The number of hydrogen-bond donors (Lipinski definition) is 2. The molecule has 0 bridgehead atoms. The van der Waals surface area contributed by atoms with E-state index in [1.54, 1.807) is 24.0 Å². The molecule has 8 nitrogen and oxygen atoms in total. The van der Waals surface area contributed by atoms with E-state index in [9.17, 15) is 4.79 Å². The minimum Gasteiger partial charge on any atom is -0.363 e. The van der Waals surface area contributed by atoms with Crippen LogP contribution >= 0.6 is 11.6 Å². The van der Waals surface area contributed by atoms with Crippen LogP contribution in [0, 0.1) is 5.92 Å². The van der Waals surface area contributed by atoms with Gasteiger partial charge < -0.3 is 15.5 Å². The van der Waals surface area contributed by atoms with Gasteiger partial charge in [-0.05, 0) is 38.0 Å². The Morgan fingerprint density at radius 3 is 2.79 bits per heavy atom. The summed E-state index contributed by atoms with van der Waals surface area (Å²) in [5.74, 6) is 1.91. The number of carbonyl (C=O) groups is 1. The first-order valence-electron chi connectivity index (χ1n) is 11.2. The number of hydrogen-bond acceptors (Lipinski definition) is 6. The maximum atomic E-state index is 12.1. The number of carbonyl (C=O) groups excluding carboxylic acids is 1. The Kier molecular flexibility index (Phi) is 5.76. The summed E-state index contributed by atoms with van der Waals surface area (Å²) in [5, 5.41) is 12.4. The zero-order valence-electron chi connectivity index (χ0n) is 18.6.